The van der Waals surface area contributed by atoms with E-state index < -0.39 is 11.7 Å². The highest BCUT2D eigenvalue weighted by molar-refractivity contribution is 7.10. The fourth-order valence-corrected chi connectivity index (χ4v) is 3.20. The summed E-state index contributed by atoms with van der Waals surface area (Å²) < 4.78 is 43.3. The van der Waals surface area contributed by atoms with Gasteiger partial charge in [-0.15, -0.1) is 11.3 Å². The average molecular weight is 315 g/mol. The van der Waals surface area contributed by atoms with Gasteiger partial charge in [0.2, 0.25) is 0 Å². The molecule has 1 unspecified atom stereocenters. The average Bonchev–Trinajstić information content (AvgIpc) is 2.89. The van der Waals surface area contributed by atoms with Gasteiger partial charge in [-0.3, -0.25) is 0 Å². The Morgan fingerprint density at radius 3 is 2.43 bits per heavy atom. The zero-order valence-corrected chi connectivity index (χ0v) is 12.7. The maximum absolute atomic E-state index is 12.7. The van der Waals surface area contributed by atoms with Gasteiger partial charge in [-0.2, -0.15) is 13.2 Å². The van der Waals surface area contributed by atoms with E-state index in [2.05, 4.69) is 5.32 Å². The molecule has 1 heterocycles. The van der Waals surface area contributed by atoms with Crippen LogP contribution in [0.1, 0.15) is 27.6 Å². The van der Waals surface area contributed by atoms with E-state index >= 15 is 0 Å². The molecule has 21 heavy (non-hydrogen) atoms. The van der Waals surface area contributed by atoms with Crippen LogP contribution in [0.4, 0.5) is 13.2 Å². The number of methoxy groups -OCH3 is 1. The number of benzene rings is 1. The highest BCUT2D eigenvalue weighted by Crippen LogP contribution is 2.35. The number of alkyl halides is 3. The SMILES string of the molecule is CNC(c1cc(OC)cs1)c1ccc(C(F)(F)F)cc1C. The molecule has 1 atom stereocenters. The van der Waals surface area contributed by atoms with Crippen molar-refractivity contribution in [3.05, 3.63) is 51.2 Å². The van der Waals surface area contributed by atoms with E-state index in [1.165, 1.54) is 23.5 Å². The van der Waals surface area contributed by atoms with Crippen LogP contribution >= 0.6 is 11.3 Å². The number of ether oxygens (including phenoxy) is 1. The molecule has 0 bridgehead atoms. The van der Waals surface area contributed by atoms with Crippen LogP contribution in [-0.4, -0.2) is 14.2 Å². The molecule has 6 heteroatoms. The van der Waals surface area contributed by atoms with Gasteiger partial charge < -0.3 is 10.1 Å². The van der Waals surface area contributed by atoms with Crippen molar-refractivity contribution in [3.63, 3.8) is 0 Å². The standard InChI is InChI=1S/C15H16F3NOS/c1-9-6-10(15(16,17)18)4-5-12(9)14(19-2)13-7-11(20-3)8-21-13/h4-8,14,19H,1-3H3. The molecule has 0 aliphatic heterocycles. The lowest BCUT2D eigenvalue weighted by Gasteiger charge is -2.19. The van der Waals surface area contributed by atoms with Crippen molar-refractivity contribution >= 4 is 11.3 Å². The van der Waals surface area contributed by atoms with Crippen LogP contribution in [0.2, 0.25) is 0 Å². The van der Waals surface area contributed by atoms with Crippen LogP contribution in [0.5, 0.6) is 5.75 Å². The second kappa shape index (κ2) is 6.07. The van der Waals surface area contributed by atoms with Crippen LogP contribution in [-0.2, 0) is 6.18 Å². The van der Waals surface area contributed by atoms with Gasteiger partial charge in [0.15, 0.2) is 0 Å². The summed E-state index contributed by atoms with van der Waals surface area (Å²) in [6.07, 6.45) is -4.31. The molecule has 1 aromatic heterocycles. The number of hydrogen-bond donors (Lipinski definition) is 1. The highest BCUT2D eigenvalue weighted by Gasteiger charge is 2.31. The van der Waals surface area contributed by atoms with Gasteiger partial charge in [-0.25, -0.2) is 0 Å². The Morgan fingerprint density at radius 1 is 1.24 bits per heavy atom. The van der Waals surface area contributed by atoms with E-state index in [9.17, 15) is 13.2 Å². The summed E-state index contributed by atoms with van der Waals surface area (Å²) in [5, 5.41) is 5.02. The monoisotopic (exact) mass is 315 g/mol. The Bertz CT molecular complexity index is 622. The van der Waals surface area contributed by atoms with Gasteiger partial charge in [-0.1, -0.05) is 6.07 Å². The first kappa shape index (κ1) is 15.9. The third kappa shape index (κ3) is 3.39. The first-order valence-corrected chi connectivity index (χ1v) is 7.22. The molecule has 2 rings (SSSR count). The first-order chi connectivity index (χ1) is 9.86. The Morgan fingerprint density at radius 2 is 1.95 bits per heavy atom. The third-order valence-corrected chi connectivity index (χ3v) is 4.29. The highest BCUT2D eigenvalue weighted by atomic mass is 32.1. The van der Waals surface area contributed by atoms with Gasteiger partial charge in [0.05, 0.1) is 18.7 Å². The van der Waals surface area contributed by atoms with Gasteiger partial charge in [0, 0.05) is 10.3 Å². The van der Waals surface area contributed by atoms with Gasteiger partial charge >= 0.3 is 6.18 Å². The lowest BCUT2D eigenvalue weighted by atomic mass is 9.97. The predicted molar refractivity (Wildman–Crippen MR) is 78.0 cm³/mol. The quantitative estimate of drug-likeness (QED) is 0.903. The van der Waals surface area contributed by atoms with Crippen LogP contribution < -0.4 is 10.1 Å². The minimum Gasteiger partial charge on any atom is -0.496 e. The molecule has 0 radical (unpaired) electrons. The number of aryl methyl sites for hydroxylation is 1. The number of hydrogen-bond acceptors (Lipinski definition) is 3. The molecule has 0 aliphatic rings. The maximum atomic E-state index is 12.7. The Labute approximate surface area is 125 Å². The predicted octanol–water partition coefficient (Wildman–Crippen LogP) is 4.39. The largest absolute Gasteiger partial charge is 0.496 e. The van der Waals surface area contributed by atoms with Crippen molar-refractivity contribution < 1.29 is 17.9 Å². The number of rotatable bonds is 4. The summed E-state index contributed by atoms with van der Waals surface area (Å²) in [6, 6.07) is 5.58. The second-order valence-corrected chi connectivity index (χ2v) is 5.62. The third-order valence-electron chi connectivity index (χ3n) is 3.31. The minimum absolute atomic E-state index is 0.152. The van der Waals surface area contributed by atoms with E-state index in [0.717, 1.165) is 22.3 Å². The lowest BCUT2D eigenvalue weighted by Crippen LogP contribution is -2.18. The van der Waals surface area contributed by atoms with Crippen molar-refractivity contribution in [2.45, 2.75) is 19.1 Å². The van der Waals surface area contributed by atoms with Crippen molar-refractivity contribution in [3.8, 4) is 5.75 Å². The molecular formula is C15H16F3NOS. The molecule has 2 aromatic rings. The van der Waals surface area contributed by atoms with Crippen molar-refractivity contribution in [1.29, 1.82) is 0 Å². The molecule has 2 nitrogen and oxygen atoms in total. The zero-order valence-electron chi connectivity index (χ0n) is 11.9. The fourth-order valence-electron chi connectivity index (χ4n) is 2.22. The van der Waals surface area contributed by atoms with E-state index in [4.69, 9.17) is 4.74 Å². The number of halogens is 3. The molecule has 0 amide bonds. The molecule has 1 aromatic carbocycles. The topological polar surface area (TPSA) is 21.3 Å². The minimum atomic E-state index is -4.31. The molecule has 0 fully saturated rings. The van der Waals surface area contributed by atoms with Gasteiger partial charge in [0.25, 0.3) is 0 Å². The Kier molecular flexibility index (Phi) is 4.58. The zero-order chi connectivity index (χ0) is 15.6. The molecule has 0 saturated carbocycles. The lowest BCUT2D eigenvalue weighted by molar-refractivity contribution is -0.137. The molecule has 0 spiro atoms. The summed E-state index contributed by atoms with van der Waals surface area (Å²) in [5.41, 5.74) is 0.814. The molecule has 1 N–H and O–H groups in total. The molecule has 0 saturated heterocycles. The van der Waals surface area contributed by atoms with Gasteiger partial charge in [-0.05, 0) is 43.3 Å². The van der Waals surface area contributed by atoms with E-state index in [1.807, 2.05) is 11.4 Å². The van der Waals surface area contributed by atoms with E-state index in [1.54, 1.807) is 21.1 Å². The maximum Gasteiger partial charge on any atom is 0.416 e. The summed E-state index contributed by atoms with van der Waals surface area (Å²) in [6.45, 7) is 1.69. The summed E-state index contributed by atoms with van der Waals surface area (Å²) in [7, 11) is 3.37. The first-order valence-electron chi connectivity index (χ1n) is 6.34. The van der Waals surface area contributed by atoms with E-state index in [-0.39, 0.29) is 6.04 Å². The van der Waals surface area contributed by atoms with E-state index in [0.29, 0.717) is 5.56 Å². The fraction of sp³-hybridized carbons (Fsp3) is 0.333. The number of thiophene rings is 1. The van der Waals surface area contributed by atoms with Crippen LogP contribution in [0, 0.1) is 6.92 Å². The normalized spacial score (nSPS) is 13.2. The second-order valence-electron chi connectivity index (χ2n) is 4.68. The Hall–Kier alpha value is -1.53. The molecule has 0 aliphatic carbocycles. The molecular weight excluding hydrogens is 299 g/mol. The van der Waals surface area contributed by atoms with Crippen molar-refractivity contribution in [1.82, 2.24) is 5.32 Å². The summed E-state index contributed by atoms with van der Waals surface area (Å²) >= 11 is 1.51. The van der Waals surface area contributed by atoms with Gasteiger partial charge in [0.1, 0.15) is 5.75 Å². The summed E-state index contributed by atoms with van der Waals surface area (Å²) in [4.78, 5) is 0.997. The van der Waals surface area contributed by atoms with Crippen molar-refractivity contribution in [2.75, 3.05) is 14.2 Å². The Balaban J connectivity index is 2.39. The van der Waals surface area contributed by atoms with Crippen molar-refractivity contribution in [2.24, 2.45) is 0 Å². The van der Waals surface area contributed by atoms with Crippen LogP contribution in [0.3, 0.4) is 0 Å². The van der Waals surface area contributed by atoms with Crippen LogP contribution in [0.15, 0.2) is 29.6 Å². The summed E-state index contributed by atoms with van der Waals surface area (Å²) in [5.74, 6) is 0.750. The van der Waals surface area contributed by atoms with Crippen LogP contribution in [0.25, 0.3) is 0 Å². The smallest absolute Gasteiger partial charge is 0.416 e. The molecule has 114 valence electrons. The number of nitrogens with one attached hydrogen (secondary N) is 1.